The maximum atomic E-state index is 13.0. The fraction of sp³-hybridized carbons (Fsp3) is 0.381. The van der Waals surface area contributed by atoms with Crippen molar-refractivity contribution in [1.29, 1.82) is 0 Å². The molecule has 3 aromatic rings. The summed E-state index contributed by atoms with van der Waals surface area (Å²) in [7, 11) is 1.68. The summed E-state index contributed by atoms with van der Waals surface area (Å²) in [5, 5.41) is 0. The molecular formula is C21H24FN3O. The van der Waals surface area contributed by atoms with Crippen molar-refractivity contribution in [3.8, 4) is 5.75 Å². The maximum absolute atomic E-state index is 13.0. The number of hydrogen-bond acceptors (Lipinski definition) is 3. The van der Waals surface area contributed by atoms with Crippen molar-refractivity contribution in [2.45, 2.75) is 25.8 Å². The fourth-order valence-corrected chi connectivity index (χ4v) is 3.76. The summed E-state index contributed by atoms with van der Waals surface area (Å²) >= 11 is 0. The molecule has 136 valence electrons. The molecule has 2 aromatic carbocycles. The van der Waals surface area contributed by atoms with Crippen LogP contribution in [0.1, 0.15) is 24.2 Å². The number of methoxy groups -OCH3 is 1. The zero-order valence-corrected chi connectivity index (χ0v) is 15.0. The van der Waals surface area contributed by atoms with Gasteiger partial charge in [0, 0.05) is 6.07 Å². The predicted octanol–water partition coefficient (Wildman–Crippen LogP) is 4.17. The lowest BCUT2D eigenvalue weighted by Gasteiger charge is -2.31. The molecule has 1 fully saturated rings. The molecule has 0 atom stereocenters. The first kappa shape index (κ1) is 17.0. The molecule has 5 heteroatoms. The van der Waals surface area contributed by atoms with Crippen molar-refractivity contribution in [3.63, 3.8) is 0 Å². The standard InChI is InChI=1S/C21H24FN3O/c1-26-18-6-7-19-20(13-18)24-21(23-19)14-25-10-8-16(9-11-25)12-15-2-4-17(22)5-3-15/h2-7,13,16H,8-12,14H2,1H3,(H,23,24)/i22-1. The lowest BCUT2D eigenvalue weighted by Crippen LogP contribution is -2.34. The minimum atomic E-state index is -0.160. The minimum absolute atomic E-state index is 0.160. The van der Waals surface area contributed by atoms with Gasteiger partial charge in [0.1, 0.15) is 17.4 Å². The Hall–Kier alpha value is -2.40. The number of H-pyrrole nitrogens is 1. The molecule has 2 heterocycles. The number of benzene rings is 2. The Bertz CT molecular complexity index is 867. The zero-order valence-electron chi connectivity index (χ0n) is 15.0. The summed E-state index contributed by atoms with van der Waals surface area (Å²) in [4.78, 5) is 10.5. The van der Waals surface area contributed by atoms with Gasteiger partial charge in [0.2, 0.25) is 0 Å². The van der Waals surface area contributed by atoms with E-state index in [9.17, 15) is 4.39 Å². The lowest BCUT2D eigenvalue weighted by molar-refractivity contribution is 0.174. The number of nitrogens with zero attached hydrogens (tertiary/aromatic N) is 2. The third-order valence-electron chi connectivity index (χ3n) is 5.26. The van der Waals surface area contributed by atoms with Crippen molar-refractivity contribution in [3.05, 3.63) is 59.7 Å². The Kier molecular flexibility index (Phi) is 4.89. The number of fused-ring (bicyclic) bond motifs is 1. The Morgan fingerprint density at radius 2 is 1.92 bits per heavy atom. The average Bonchev–Trinajstić information content (AvgIpc) is 3.06. The van der Waals surface area contributed by atoms with Crippen LogP contribution in [-0.2, 0) is 13.0 Å². The van der Waals surface area contributed by atoms with Crippen molar-refractivity contribution < 1.29 is 9.13 Å². The van der Waals surface area contributed by atoms with Gasteiger partial charge < -0.3 is 9.72 Å². The Labute approximate surface area is 153 Å². The number of aromatic amines is 1. The third kappa shape index (κ3) is 3.88. The molecule has 4 nitrogen and oxygen atoms in total. The van der Waals surface area contributed by atoms with Crippen LogP contribution in [0.25, 0.3) is 11.0 Å². The molecule has 0 radical (unpaired) electrons. The molecule has 26 heavy (non-hydrogen) atoms. The summed E-state index contributed by atoms with van der Waals surface area (Å²) in [6, 6.07) is 12.8. The van der Waals surface area contributed by atoms with Crippen LogP contribution in [0.3, 0.4) is 0 Å². The molecule has 1 aromatic heterocycles. The predicted molar refractivity (Wildman–Crippen MR) is 101 cm³/mol. The van der Waals surface area contributed by atoms with Crippen LogP contribution in [0.5, 0.6) is 5.75 Å². The average molecular weight is 352 g/mol. The second-order valence-electron chi connectivity index (χ2n) is 7.12. The smallest absolute Gasteiger partial charge is 0.123 e. The van der Waals surface area contributed by atoms with E-state index < -0.39 is 0 Å². The molecule has 1 aliphatic rings. The van der Waals surface area contributed by atoms with Gasteiger partial charge in [-0.1, -0.05) is 12.1 Å². The van der Waals surface area contributed by atoms with E-state index in [0.717, 1.165) is 48.7 Å². The van der Waals surface area contributed by atoms with Crippen LogP contribution in [0.2, 0.25) is 0 Å². The van der Waals surface area contributed by atoms with E-state index in [1.54, 1.807) is 19.2 Å². The zero-order chi connectivity index (χ0) is 17.9. The first-order chi connectivity index (χ1) is 12.7. The van der Waals surface area contributed by atoms with Crippen LogP contribution in [0, 0.1) is 11.7 Å². The highest BCUT2D eigenvalue weighted by Crippen LogP contribution is 2.24. The SMILES string of the molecule is COc1ccc2nc(CN3CCC(Cc4ccc([18F])cc4)CC3)[nH]c2c1. The molecule has 0 unspecified atom stereocenters. The number of hydrogen-bond donors (Lipinski definition) is 1. The largest absolute Gasteiger partial charge is 0.497 e. The van der Waals surface area contributed by atoms with Crippen LogP contribution in [0.15, 0.2) is 42.5 Å². The van der Waals surface area contributed by atoms with Gasteiger partial charge in [-0.25, -0.2) is 9.37 Å². The molecule has 1 aliphatic heterocycles. The highest BCUT2D eigenvalue weighted by atomic mass is 18.2. The third-order valence-corrected chi connectivity index (χ3v) is 5.26. The normalized spacial score (nSPS) is 16.2. The van der Waals surface area contributed by atoms with Gasteiger partial charge in [0.15, 0.2) is 0 Å². The van der Waals surface area contributed by atoms with Crippen LogP contribution < -0.4 is 4.74 Å². The highest BCUT2D eigenvalue weighted by Gasteiger charge is 2.20. The molecule has 1 saturated heterocycles. The number of halogens is 1. The number of nitrogens with one attached hydrogen (secondary N) is 1. The maximum Gasteiger partial charge on any atom is 0.123 e. The first-order valence-electron chi connectivity index (χ1n) is 9.19. The van der Waals surface area contributed by atoms with Crippen molar-refractivity contribution >= 4 is 11.0 Å². The highest BCUT2D eigenvalue weighted by molar-refractivity contribution is 5.76. The summed E-state index contributed by atoms with van der Waals surface area (Å²) in [6.07, 6.45) is 3.38. The van der Waals surface area contributed by atoms with E-state index in [0.29, 0.717) is 5.92 Å². The number of rotatable bonds is 5. The van der Waals surface area contributed by atoms with E-state index >= 15 is 0 Å². The minimum Gasteiger partial charge on any atom is -0.497 e. The summed E-state index contributed by atoms with van der Waals surface area (Å²) in [5.41, 5.74) is 3.23. The molecule has 4 rings (SSSR count). The molecule has 0 bridgehead atoms. The summed E-state index contributed by atoms with van der Waals surface area (Å²) in [5.74, 6) is 2.36. The first-order valence-corrected chi connectivity index (χ1v) is 9.19. The van der Waals surface area contributed by atoms with E-state index in [2.05, 4.69) is 14.9 Å². The van der Waals surface area contributed by atoms with E-state index in [-0.39, 0.29) is 5.82 Å². The van der Waals surface area contributed by atoms with E-state index in [1.165, 1.54) is 18.4 Å². The van der Waals surface area contributed by atoms with Gasteiger partial charge in [0.25, 0.3) is 0 Å². The number of likely N-dealkylation sites (tertiary alicyclic amines) is 1. The van der Waals surface area contributed by atoms with Gasteiger partial charge in [-0.3, -0.25) is 4.90 Å². The van der Waals surface area contributed by atoms with Crippen molar-refractivity contribution in [2.24, 2.45) is 5.92 Å². The number of imidazole rings is 1. The van der Waals surface area contributed by atoms with Gasteiger partial charge in [-0.2, -0.15) is 0 Å². The van der Waals surface area contributed by atoms with E-state index in [4.69, 9.17) is 4.74 Å². The van der Waals surface area contributed by atoms with Crippen LogP contribution in [-0.4, -0.2) is 35.1 Å². The van der Waals surface area contributed by atoms with E-state index in [1.807, 2.05) is 30.3 Å². The van der Waals surface area contributed by atoms with Gasteiger partial charge in [-0.15, -0.1) is 0 Å². The summed E-state index contributed by atoms with van der Waals surface area (Å²) in [6.45, 7) is 3.00. The second-order valence-corrected chi connectivity index (χ2v) is 7.12. The lowest BCUT2D eigenvalue weighted by atomic mass is 9.90. The Morgan fingerprint density at radius 1 is 1.15 bits per heavy atom. The van der Waals surface area contributed by atoms with Crippen molar-refractivity contribution in [1.82, 2.24) is 14.9 Å². The molecule has 0 saturated carbocycles. The molecule has 0 aliphatic carbocycles. The molecule has 0 amide bonds. The number of aromatic nitrogens is 2. The quantitative estimate of drug-likeness (QED) is 0.749. The van der Waals surface area contributed by atoms with Gasteiger partial charge >= 0.3 is 0 Å². The summed E-state index contributed by atoms with van der Waals surface area (Å²) < 4.78 is 18.3. The monoisotopic (exact) mass is 352 g/mol. The van der Waals surface area contributed by atoms with Crippen molar-refractivity contribution in [2.75, 3.05) is 20.2 Å². The molecular weight excluding hydrogens is 328 g/mol. The number of ether oxygens (including phenoxy) is 1. The molecule has 0 spiro atoms. The topological polar surface area (TPSA) is 41.1 Å². The second kappa shape index (κ2) is 7.46. The fourth-order valence-electron chi connectivity index (χ4n) is 3.76. The van der Waals surface area contributed by atoms with Crippen LogP contribution >= 0.6 is 0 Å². The van der Waals surface area contributed by atoms with Gasteiger partial charge in [-0.05, 0) is 68.1 Å². The molecule has 1 N–H and O–H groups in total. The Balaban J connectivity index is 1.32. The Morgan fingerprint density at radius 3 is 2.65 bits per heavy atom. The van der Waals surface area contributed by atoms with Crippen LogP contribution in [0.4, 0.5) is 4.39 Å². The number of piperidine rings is 1. The van der Waals surface area contributed by atoms with Gasteiger partial charge in [0.05, 0.1) is 24.7 Å².